The summed E-state index contributed by atoms with van der Waals surface area (Å²) in [6, 6.07) is 4.11. The summed E-state index contributed by atoms with van der Waals surface area (Å²) in [7, 11) is -0.291. The van der Waals surface area contributed by atoms with Gasteiger partial charge in [0.1, 0.15) is 0 Å². The maximum atomic E-state index is 6.15. The van der Waals surface area contributed by atoms with Gasteiger partial charge in [0.2, 0.25) is 0 Å². The number of nitrogens with two attached hydrogens (primary N) is 1. The predicted molar refractivity (Wildman–Crippen MR) is 78.6 cm³/mol. The fourth-order valence-electron chi connectivity index (χ4n) is 2.95. The Bertz CT molecular complexity index is 509. The molecule has 1 aliphatic carbocycles. The molecule has 0 bridgehead atoms. The van der Waals surface area contributed by atoms with E-state index in [4.69, 9.17) is 15.0 Å². The van der Waals surface area contributed by atoms with E-state index in [2.05, 4.69) is 33.8 Å². The molecule has 2 N–H and O–H groups in total. The van der Waals surface area contributed by atoms with Gasteiger partial charge in [0.25, 0.3) is 0 Å². The second kappa shape index (κ2) is 4.00. The standard InChI is InChI=1S/C15H22BNO2/c1-14(2)15(3,4)19-16(18-14)13-9-11(17)8-10-6-5-7-12(10)13/h8-9H,5-7,17H2,1-4H3. The minimum absolute atomic E-state index is 0.291. The van der Waals surface area contributed by atoms with Crippen LogP contribution in [-0.2, 0) is 22.2 Å². The van der Waals surface area contributed by atoms with Crippen LogP contribution in [0.15, 0.2) is 12.1 Å². The first kappa shape index (κ1) is 13.0. The Morgan fingerprint density at radius 2 is 1.68 bits per heavy atom. The molecule has 1 heterocycles. The molecule has 0 amide bonds. The summed E-state index contributed by atoms with van der Waals surface area (Å²) in [6.45, 7) is 8.33. The molecule has 0 saturated carbocycles. The summed E-state index contributed by atoms with van der Waals surface area (Å²) < 4.78 is 12.3. The smallest absolute Gasteiger partial charge is 0.399 e. The van der Waals surface area contributed by atoms with Crippen molar-refractivity contribution in [1.29, 1.82) is 0 Å². The Hall–Kier alpha value is -0.995. The van der Waals surface area contributed by atoms with E-state index >= 15 is 0 Å². The molecule has 3 nitrogen and oxygen atoms in total. The highest BCUT2D eigenvalue weighted by Crippen LogP contribution is 2.37. The van der Waals surface area contributed by atoms with E-state index in [0.29, 0.717) is 0 Å². The van der Waals surface area contributed by atoms with E-state index in [1.807, 2.05) is 6.07 Å². The Balaban J connectivity index is 2.01. The average Bonchev–Trinajstić information content (AvgIpc) is 2.80. The lowest BCUT2D eigenvalue weighted by Gasteiger charge is -2.32. The van der Waals surface area contributed by atoms with Crippen LogP contribution in [0.2, 0.25) is 0 Å². The summed E-state index contributed by atoms with van der Waals surface area (Å²) >= 11 is 0. The molecule has 1 fully saturated rings. The van der Waals surface area contributed by atoms with Gasteiger partial charge in [0.15, 0.2) is 0 Å². The van der Waals surface area contributed by atoms with Gasteiger partial charge in [-0.15, -0.1) is 0 Å². The molecule has 3 rings (SSSR count). The average molecular weight is 259 g/mol. The van der Waals surface area contributed by atoms with Gasteiger partial charge < -0.3 is 15.0 Å². The Kier molecular flexibility index (Phi) is 2.74. The molecule has 1 aromatic carbocycles. The topological polar surface area (TPSA) is 44.5 Å². The number of benzene rings is 1. The number of anilines is 1. The number of aryl methyl sites for hydroxylation is 1. The van der Waals surface area contributed by atoms with Crippen molar-refractivity contribution in [3.8, 4) is 0 Å². The largest absolute Gasteiger partial charge is 0.495 e. The molecule has 0 radical (unpaired) electrons. The Morgan fingerprint density at radius 3 is 2.32 bits per heavy atom. The number of fused-ring (bicyclic) bond motifs is 1. The second-order valence-electron chi connectivity index (χ2n) is 6.69. The zero-order chi connectivity index (χ0) is 13.8. The molecule has 0 spiro atoms. The first-order chi connectivity index (χ1) is 8.80. The first-order valence-electron chi connectivity index (χ1n) is 7.07. The molecule has 1 aliphatic heterocycles. The van der Waals surface area contributed by atoms with E-state index in [0.717, 1.165) is 24.0 Å². The van der Waals surface area contributed by atoms with Gasteiger partial charge in [0.05, 0.1) is 11.2 Å². The van der Waals surface area contributed by atoms with Crippen LogP contribution in [0.1, 0.15) is 45.2 Å². The maximum absolute atomic E-state index is 6.15. The van der Waals surface area contributed by atoms with E-state index in [-0.39, 0.29) is 18.3 Å². The van der Waals surface area contributed by atoms with Crippen LogP contribution in [0.5, 0.6) is 0 Å². The summed E-state index contributed by atoms with van der Waals surface area (Å²) in [5.74, 6) is 0. The number of nitrogen functional groups attached to an aromatic ring is 1. The highest BCUT2D eigenvalue weighted by atomic mass is 16.7. The van der Waals surface area contributed by atoms with Crippen molar-refractivity contribution in [3.63, 3.8) is 0 Å². The van der Waals surface area contributed by atoms with E-state index in [1.54, 1.807) is 0 Å². The van der Waals surface area contributed by atoms with E-state index in [1.165, 1.54) is 17.5 Å². The van der Waals surface area contributed by atoms with Crippen molar-refractivity contribution >= 4 is 18.3 Å². The van der Waals surface area contributed by atoms with Gasteiger partial charge in [-0.05, 0) is 75.7 Å². The van der Waals surface area contributed by atoms with Crippen molar-refractivity contribution in [2.75, 3.05) is 5.73 Å². The molecular formula is C15H22BNO2. The quantitative estimate of drug-likeness (QED) is 0.620. The molecule has 4 heteroatoms. The molecule has 1 aromatic rings. The summed E-state index contributed by atoms with van der Waals surface area (Å²) in [4.78, 5) is 0. The fraction of sp³-hybridized carbons (Fsp3) is 0.600. The van der Waals surface area contributed by atoms with Crippen molar-refractivity contribution in [2.45, 2.75) is 58.2 Å². The highest BCUT2D eigenvalue weighted by molar-refractivity contribution is 6.62. The van der Waals surface area contributed by atoms with Crippen LogP contribution >= 0.6 is 0 Å². The normalized spacial score (nSPS) is 23.7. The van der Waals surface area contributed by atoms with Gasteiger partial charge in [-0.25, -0.2) is 0 Å². The lowest BCUT2D eigenvalue weighted by molar-refractivity contribution is 0.00578. The Morgan fingerprint density at radius 1 is 1.05 bits per heavy atom. The SMILES string of the molecule is CC1(C)OB(c2cc(N)cc3c2CCC3)OC1(C)C. The molecule has 0 unspecified atom stereocenters. The maximum Gasteiger partial charge on any atom is 0.495 e. The zero-order valence-electron chi connectivity index (χ0n) is 12.2. The van der Waals surface area contributed by atoms with Crippen LogP contribution in [0, 0.1) is 0 Å². The van der Waals surface area contributed by atoms with E-state index in [9.17, 15) is 0 Å². The number of rotatable bonds is 1. The molecule has 0 atom stereocenters. The summed E-state index contributed by atoms with van der Waals surface area (Å²) in [5.41, 5.74) is 10.1. The fourth-order valence-corrected chi connectivity index (χ4v) is 2.95. The molecule has 1 saturated heterocycles. The minimum Gasteiger partial charge on any atom is -0.399 e. The third-order valence-corrected chi connectivity index (χ3v) is 4.78. The molecule has 2 aliphatic rings. The summed E-state index contributed by atoms with van der Waals surface area (Å²) in [5, 5.41) is 0. The first-order valence-corrected chi connectivity index (χ1v) is 7.07. The van der Waals surface area contributed by atoms with Crippen molar-refractivity contribution < 1.29 is 9.31 Å². The second-order valence-corrected chi connectivity index (χ2v) is 6.69. The van der Waals surface area contributed by atoms with Crippen LogP contribution in [-0.4, -0.2) is 18.3 Å². The van der Waals surface area contributed by atoms with Gasteiger partial charge in [-0.1, -0.05) is 0 Å². The van der Waals surface area contributed by atoms with Crippen LogP contribution < -0.4 is 11.2 Å². The molecule has 19 heavy (non-hydrogen) atoms. The lowest BCUT2D eigenvalue weighted by atomic mass is 9.74. The summed E-state index contributed by atoms with van der Waals surface area (Å²) in [6.07, 6.45) is 3.42. The predicted octanol–water partition coefficient (Wildman–Crippen LogP) is 2.06. The number of hydrogen-bond donors (Lipinski definition) is 1. The number of hydrogen-bond acceptors (Lipinski definition) is 3. The molecular weight excluding hydrogens is 237 g/mol. The van der Waals surface area contributed by atoms with Gasteiger partial charge in [-0.2, -0.15) is 0 Å². The van der Waals surface area contributed by atoms with Gasteiger partial charge in [0, 0.05) is 5.69 Å². The zero-order valence-corrected chi connectivity index (χ0v) is 12.2. The third-order valence-electron chi connectivity index (χ3n) is 4.78. The van der Waals surface area contributed by atoms with Gasteiger partial charge >= 0.3 is 7.12 Å². The van der Waals surface area contributed by atoms with Crippen molar-refractivity contribution in [3.05, 3.63) is 23.3 Å². The van der Waals surface area contributed by atoms with Crippen LogP contribution in [0.25, 0.3) is 0 Å². The van der Waals surface area contributed by atoms with E-state index < -0.39 is 0 Å². The van der Waals surface area contributed by atoms with Crippen LogP contribution in [0.3, 0.4) is 0 Å². The third kappa shape index (κ3) is 1.98. The van der Waals surface area contributed by atoms with Crippen molar-refractivity contribution in [2.24, 2.45) is 0 Å². The van der Waals surface area contributed by atoms with Crippen LogP contribution in [0.4, 0.5) is 5.69 Å². The molecule has 102 valence electrons. The van der Waals surface area contributed by atoms with Crippen molar-refractivity contribution in [1.82, 2.24) is 0 Å². The minimum atomic E-state index is -0.298. The molecule has 0 aromatic heterocycles. The van der Waals surface area contributed by atoms with Gasteiger partial charge in [-0.3, -0.25) is 0 Å². The lowest BCUT2D eigenvalue weighted by Crippen LogP contribution is -2.41. The highest BCUT2D eigenvalue weighted by Gasteiger charge is 2.52. The monoisotopic (exact) mass is 259 g/mol. The Labute approximate surface area is 115 Å².